The molecular weight excluding hydrogens is 265 g/mol. The zero-order valence-electron chi connectivity index (χ0n) is 8.11. The maximum atomic E-state index is 11.9. The Labute approximate surface area is 107 Å². The van der Waals surface area contributed by atoms with Crippen LogP contribution in [0.25, 0.3) is 0 Å². The van der Waals surface area contributed by atoms with Crippen LogP contribution in [-0.4, -0.2) is 10.8 Å². The lowest BCUT2D eigenvalue weighted by molar-refractivity contribution is 0.0993. The summed E-state index contributed by atoms with van der Waals surface area (Å²) in [6, 6.07) is 5.04. The fourth-order valence-electron chi connectivity index (χ4n) is 1.29. The summed E-state index contributed by atoms with van der Waals surface area (Å²) in [7, 11) is 0. The van der Waals surface area contributed by atoms with E-state index in [1.807, 2.05) is 5.38 Å². The average Bonchev–Trinajstić information content (AvgIpc) is 2.74. The van der Waals surface area contributed by atoms with Crippen LogP contribution in [0.1, 0.15) is 15.4 Å². The lowest BCUT2D eigenvalue weighted by Gasteiger charge is -2.03. The monoisotopic (exact) mass is 271 g/mol. The van der Waals surface area contributed by atoms with Crippen molar-refractivity contribution < 1.29 is 4.79 Å². The van der Waals surface area contributed by atoms with Crippen LogP contribution in [-0.2, 0) is 6.42 Å². The van der Waals surface area contributed by atoms with Crippen LogP contribution in [0.4, 0.5) is 0 Å². The second-order valence-electron chi connectivity index (χ2n) is 3.13. The number of hydrogen-bond acceptors (Lipinski definition) is 3. The summed E-state index contributed by atoms with van der Waals surface area (Å²) in [4.78, 5) is 16.0. The summed E-state index contributed by atoms with van der Waals surface area (Å²) in [5.41, 5.74) is 0.448. The summed E-state index contributed by atoms with van der Waals surface area (Å²) in [5, 5.41) is 3.32. The van der Waals surface area contributed by atoms with E-state index in [1.165, 1.54) is 11.3 Å². The van der Waals surface area contributed by atoms with Gasteiger partial charge < -0.3 is 0 Å². The number of nitrogens with zero attached hydrogens (tertiary/aromatic N) is 1. The minimum absolute atomic E-state index is 0.0672. The highest BCUT2D eigenvalue weighted by Gasteiger charge is 2.13. The summed E-state index contributed by atoms with van der Waals surface area (Å²) in [5.74, 6) is -0.0672. The van der Waals surface area contributed by atoms with E-state index in [4.69, 9.17) is 23.2 Å². The van der Waals surface area contributed by atoms with Crippen LogP contribution in [0.3, 0.4) is 0 Å². The molecule has 0 amide bonds. The molecule has 0 aliphatic heterocycles. The van der Waals surface area contributed by atoms with Crippen molar-refractivity contribution in [2.24, 2.45) is 0 Å². The predicted molar refractivity (Wildman–Crippen MR) is 66.6 cm³/mol. The van der Waals surface area contributed by atoms with Crippen LogP contribution < -0.4 is 0 Å². The third-order valence-electron chi connectivity index (χ3n) is 2.05. The molecule has 1 heterocycles. The number of rotatable bonds is 3. The topological polar surface area (TPSA) is 30.0 Å². The standard InChI is InChI=1S/C11H7Cl2NOS/c12-8-3-1-2-7(11(8)13)9(15)6-10-14-4-5-16-10/h1-5H,6H2. The van der Waals surface area contributed by atoms with Crippen molar-refractivity contribution in [2.75, 3.05) is 0 Å². The summed E-state index contributed by atoms with van der Waals surface area (Å²) in [6.07, 6.45) is 1.94. The van der Waals surface area contributed by atoms with Gasteiger partial charge in [-0.15, -0.1) is 11.3 Å². The maximum Gasteiger partial charge on any atom is 0.171 e. The van der Waals surface area contributed by atoms with E-state index >= 15 is 0 Å². The van der Waals surface area contributed by atoms with Crippen LogP contribution in [0.5, 0.6) is 0 Å². The molecule has 0 bridgehead atoms. The van der Waals surface area contributed by atoms with Gasteiger partial charge in [0, 0.05) is 17.1 Å². The van der Waals surface area contributed by atoms with E-state index < -0.39 is 0 Å². The molecule has 0 unspecified atom stereocenters. The Hall–Kier alpha value is -0.900. The van der Waals surface area contributed by atoms with Crippen molar-refractivity contribution in [3.05, 3.63) is 50.4 Å². The van der Waals surface area contributed by atoms with Gasteiger partial charge in [0.2, 0.25) is 0 Å². The number of halogens is 2. The lowest BCUT2D eigenvalue weighted by atomic mass is 10.1. The van der Waals surface area contributed by atoms with E-state index in [0.717, 1.165) is 5.01 Å². The number of carbonyl (C=O) groups is 1. The number of thiazole rings is 1. The maximum absolute atomic E-state index is 11.9. The van der Waals surface area contributed by atoms with E-state index in [9.17, 15) is 4.79 Å². The van der Waals surface area contributed by atoms with Gasteiger partial charge in [0.1, 0.15) is 5.01 Å². The molecule has 1 aromatic carbocycles. The minimum atomic E-state index is -0.0672. The Balaban J connectivity index is 2.24. The molecule has 0 spiro atoms. The summed E-state index contributed by atoms with van der Waals surface area (Å²) in [6.45, 7) is 0. The Kier molecular flexibility index (Phi) is 3.59. The molecule has 0 saturated carbocycles. The molecule has 0 N–H and O–H groups in total. The second-order valence-corrected chi connectivity index (χ2v) is 4.89. The molecule has 5 heteroatoms. The Bertz CT molecular complexity index is 511. The van der Waals surface area contributed by atoms with Gasteiger partial charge in [-0.3, -0.25) is 4.79 Å². The Morgan fingerprint density at radius 1 is 1.38 bits per heavy atom. The molecule has 0 atom stereocenters. The van der Waals surface area contributed by atoms with Crippen molar-refractivity contribution in [3.63, 3.8) is 0 Å². The largest absolute Gasteiger partial charge is 0.294 e. The van der Waals surface area contributed by atoms with Gasteiger partial charge in [-0.25, -0.2) is 4.98 Å². The van der Waals surface area contributed by atoms with Crippen molar-refractivity contribution >= 4 is 40.3 Å². The van der Waals surface area contributed by atoms with Crippen molar-refractivity contribution in [1.29, 1.82) is 0 Å². The van der Waals surface area contributed by atoms with Gasteiger partial charge >= 0.3 is 0 Å². The van der Waals surface area contributed by atoms with Crippen LogP contribution in [0.2, 0.25) is 10.0 Å². The lowest BCUT2D eigenvalue weighted by Crippen LogP contribution is -2.04. The zero-order chi connectivity index (χ0) is 11.5. The van der Waals surface area contributed by atoms with Crippen LogP contribution in [0, 0.1) is 0 Å². The second kappa shape index (κ2) is 4.95. The first-order valence-electron chi connectivity index (χ1n) is 4.54. The van der Waals surface area contributed by atoms with Gasteiger partial charge in [0.05, 0.1) is 16.5 Å². The normalized spacial score (nSPS) is 10.4. The minimum Gasteiger partial charge on any atom is -0.294 e. The molecule has 0 fully saturated rings. The molecule has 2 rings (SSSR count). The predicted octanol–water partition coefficient (Wildman–Crippen LogP) is 3.88. The van der Waals surface area contributed by atoms with Crippen molar-refractivity contribution in [1.82, 2.24) is 4.98 Å². The quantitative estimate of drug-likeness (QED) is 0.794. The molecule has 0 aliphatic carbocycles. The van der Waals surface area contributed by atoms with E-state index in [2.05, 4.69) is 4.98 Å². The Morgan fingerprint density at radius 3 is 2.88 bits per heavy atom. The first-order valence-corrected chi connectivity index (χ1v) is 6.17. The van der Waals surface area contributed by atoms with Crippen LogP contribution in [0.15, 0.2) is 29.8 Å². The molecule has 1 aromatic heterocycles. The van der Waals surface area contributed by atoms with E-state index in [-0.39, 0.29) is 12.2 Å². The van der Waals surface area contributed by atoms with Gasteiger partial charge in [-0.05, 0) is 12.1 Å². The third kappa shape index (κ3) is 2.43. The zero-order valence-corrected chi connectivity index (χ0v) is 10.4. The fraction of sp³-hybridized carbons (Fsp3) is 0.0909. The highest BCUT2D eigenvalue weighted by atomic mass is 35.5. The van der Waals surface area contributed by atoms with Gasteiger partial charge in [-0.1, -0.05) is 29.3 Å². The highest BCUT2D eigenvalue weighted by Crippen LogP contribution is 2.26. The molecule has 0 saturated heterocycles. The molecule has 2 aromatic rings. The van der Waals surface area contributed by atoms with Gasteiger partial charge in [0.25, 0.3) is 0 Å². The number of ketones is 1. The van der Waals surface area contributed by atoms with E-state index in [1.54, 1.807) is 24.4 Å². The van der Waals surface area contributed by atoms with Gasteiger partial charge in [0.15, 0.2) is 5.78 Å². The van der Waals surface area contributed by atoms with Gasteiger partial charge in [-0.2, -0.15) is 0 Å². The first kappa shape index (κ1) is 11.6. The molecule has 0 aliphatic rings. The molecular formula is C11H7Cl2NOS. The molecule has 0 radical (unpaired) electrons. The number of hydrogen-bond donors (Lipinski definition) is 0. The smallest absolute Gasteiger partial charge is 0.171 e. The SMILES string of the molecule is O=C(Cc1nccs1)c1cccc(Cl)c1Cl. The first-order chi connectivity index (χ1) is 7.68. The number of Topliss-reactive ketones (excluding diaryl/α,β-unsaturated/α-hetero) is 1. The van der Waals surface area contributed by atoms with Crippen molar-refractivity contribution in [3.8, 4) is 0 Å². The molecule has 16 heavy (non-hydrogen) atoms. The average molecular weight is 272 g/mol. The molecule has 2 nitrogen and oxygen atoms in total. The van der Waals surface area contributed by atoms with E-state index in [0.29, 0.717) is 15.6 Å². The highest BCUT2D eigenvalue weighted by molar-refractivity contribution is 7.09. The summed E-state index contributed by atoms with van der Waals surface area (Å²) < 4.78 is 0. The van der Waals surface area contributed by atoms with Crippen molar-refractivity contribution in [2.45, 2.75) is 6.42 Å². The number of carbonyl (C=O) groups excluding carboxylic acids is 1. The number of benzene rings is 1. The Morgan fingerprint density at radius 2 is 2.19 bits per heavy atom. The summed E-state index contributed by atoms with van der Waals surface area (Å²) >= 11 is 13.2. The molecule has 82 valence electrons. The van der Waals surface area contributed by atoms with Crippen LogP contribution >= 0.6 is 34.5 Å². The number of aromatic nitrogens is 1. The fourth-order valence-corrected chi connectivity index (χ4v) is 2.31. The third-order valence-corrected chi connectivity index (χ3v) is 3.65.